The van der Waals surface area contributed by atoms with Gasteiger partial charge in [0.15, 0.2) is 0 Å². The molecule has 92 valence electrons. The van der Waals surface area contributed by atoms with Crippen molar-refractivity contribution < 1.29 is 4.74 Å². The van der Waals surface area contributed by atoms with E-state index in [2.05, 4.69) is 5.43 Å². The largest absolute Gasteiger partial charge is 0.381 e. The minimum atomic E-state index is 0.510. The van der Waals surface area contributed by atoms with Crippen molar-refractivity contribution in [3.63, 3.8) is 0 Å². The standard InChI is InChI=1S/C13H24N2O/c14-15-13(11-2-1-5-16-8-11)12-7-9-3-4-10(12)6-9/h9-13,15H,1-8,14H2. The zero-order valence-corrected chi connectivity index (χ0v) is 10.0. The number of nitrogens with one attached hydrogen (secondary N) is 1. The van der Waals surface area contributed by atoms with Crippen molar-refractivity contribution in [1.29, 1.82) is 0 Å². The lowest BCUT2D eigenvalue weighted by atomic mass is 9.77. The minimum absolute atomic E-state index is 0.510. The third-order valence-electron chi connectivity index (χ3n) is 5.15. The van der Waals surface area contributed by atoms with Gasteiger partial charge in [-0.2, -0.15) is 0 Å². The summed E-state index contributed by atoms with van der Waals surface area (Å²) in [7, 11) is 0. The molecule has 5 unspecified atom stereocenters. The number of fused-ring (bicyclic) bond motifs is 2. The van der Waals surface area contributed by atoms with E-state index in [0.29, 0.717) is 12.0 Å². The smallest absolute Gasteiger partial charge is 0.0509 e. The van der Waals surface area contributed by atoms with Gasteiger partial charge >= 0.3 is 0 Å². The Morgan fingerprint density at radius 3 is 2.69 bits per heavy atom. The third-order valence-corrected chi connectivity index (χ3v) is 5.15. The maximum absolute atomic E-state index is 5.81. The third kappa shape index (κ3) is 1.89. The fourth-order valence-electron chi connectivity index (χ4n) is 4.39. The summed E-state index contributed by atoms with van der Waals surface area (Å²) in [5.41, 5.74) is 3.12. The molecule has 2 aliphatic carbocycles. The van der Waals surface area contributed by atoms with E-state index in [-0.39, 0.29) is 0 Å². The normalized spacial score (nSPS) is 44.8. The highest BCUT2D eigenvalue weighted by Gasteiger charge is 2.45. The molecule has 0 aromatic heterocycles. The van der Waals surface area contributed by atoms with Crippen LogP contribution >= 0.6 is 0 Å². The van der Waals surface area contributed by atoms with E-state index in [1.807, 2.05) is 0 Å². The topological polar surface area (TPSA) is 47.3 Å². The number of hydrazine groups is 1. The first kappa shape index (κ1) is 11.0. The van der Waals surface area contributed by atoms with Gasteiger partial charge in [-0.05, 0) is 55.8 Å². The predicted molar refractivity (Wildman–Crippen MR) is 63.6 cm³/mol. The Kier molecular flexibility index (Phi) is 3.18. The van der Waals surface area contributed by atoms with Crippen LogP contribution in [-0.2, 0) is 4.74 Å². The lowest BCUT2D eigenvalue weighted by Crippen LogP contribution is -2.49. The van der Waals surface area contributed by atoms with Gasteiger partial charge in [0.2, 0.25) is 0 Å². The molecule has 0 aromatic carbocycles. The molecule has 2 saturated carbocycles. The van der Waals surface area contributed by atoms with Crippen molar-refractivity contribution >= 4 is 0 Å². The molecule has 0 amide bonds. The Bertz CT molecular complexity index is 240. The van der Waals surface area contributed by atoms with Crippen LogP contribution in [0.25, 0.3) is 0 Å². The summed E-state index contributed by atoms with van der Waals surface area (Å²) in [5, 5.41) is 0. The zero-order chi connectivity index (χ0) is 11.0. The van der Waals surface area contributed by atoms with Crippen LogP contribution in [0.3, 0.4) is 0 Å². The Balaban J connectivity index is 1.65. The molecule has 1 aliphatic heterocycles. The van der Waals surface area contributed by atoms with E-state index >= 15 is 0 Å². The molecular weight excluding hydrogens is 200 g/mol. The Labute approximate surface area is 98.1 Å². The van der Waals surface area contributed by atoms with Crippen molar-refractivity contribution in [3.8, 4) is 0 Å². The summed E-state index contributed by atoms with van der Waals surface area (Å²) in [4.78, 5) is 0. The molecule has 3 heteroatoms. The van der Waals surface area contributed by atoms with Crippen molar-refractivity contribution in [2.24, 2.45) is 29.5 Å². The maximum Gasteiger partial charge on any atom is 0.0509 e. The van der Waals surface area contributed by atoms with Crippen LogP contribution in [0.15, 0.2) is 0 Å². The van der Waals surface area contributed by atoms with Gasteiger partial charge in [-0.15, -0.1) is 0 Å². The molecule has 16 heavy (non-hydrogen) atoms. The molecule has 2 bridgehead atoms. The van der Waals surface area contributed by atoms with Crippen LogP contribution in [-0.4, -0.2) is 19.3 Å². The second-order valence-electron chi connectivity index (χ2n) is 6.01. The molecule has 5 atom stereocenters. The molecule has 0 radical (unpaired) electrons. The molecule has 3 fully saturated rings. The molecule has 3 aliphatic rings. The number of ether oxygens (including phenoxy) is 1. The first-order valence-electron chi connectivity index (χ1n) is 6.92. The first-order valence-corrected chi connectivity index (χ1v) is 6.92. The van der Waals surface area contributed by atoms with E-state index < -0.39 is 0 Å². The molecular formula is C13H24N2O. The first-order chi connectivity index (χ1) is 7.88. The average Bonchev–Trinajstić information content (AvgIpc) is 2.94. The molecule has 3 nitrogen and oxygen atoms in total. The van der Waals surface area contributed by atoms with Gasteiger partial charge in [0.05, 0.1) is 6.61 Å². The molecule has 1 saturated heterocycles. The molecule has 3 rings (SSSR count). The molecule has 0 aromatic rings. The summed E-state index contributed by atoms with van der Waals surface area (Å²) in [5.74, 6) is 9.26. The number of nitrogens with two attached hydrogens (primary N) is 1. The van der Waals surface area contributed by atoms with Gasteiger partial charge in [-0.3, -0.25) is 11.3 Å². The van der Waals surface area contributed by atoms with Gasteiger partial charge in [-0.25, -0.2) is 0 Å². The summed E-state index contributed by atoms with van der Waals surface area (Å²) < 4.78 is 5.61. The highest BCUT2D eigenvalue weighted by Crippen LogP contribution is 2.50. The second-order valence-corrected chi connectivity index (χ2v) is 6.01. The van der Waals surface area contributed by atoms with Crippen LogP contribution in [0.4, 0.5) is 0 Å². The highest BCUT2D eigenvalue weighted by molar-refractivity contribution is 4.97. The summed E-state index contributed by atoms with van der Waals surface area (Å²) in [6.07, 6.45) is 8.31. The maximum atomic E-state index is 5.81. The lowest BCUT2D eigenvalue weighted by Gasteiger charge is -2.37. The Hall–Kier alpha value is -0.120. The second kappa shape index (κ2) is 4.63. The lowest BCUT2D eigenvalue weighted by molar-refractivity contribution is 0.0222. The van der Waals surface area contributed by atoms with Gasteiger partial charge in [0.1, 0.15) is 0 Å². The SMILES string of the molecule is NNC(C1CCCOC1)C1CC2CCC1C2. The van der Waals surface area contributed by atoms with Crippen molar-refractivity contribution in [1.82, 2.24) is 5.43 Å². The van der Waals surface area contributed by atoms with Crippen molar-refractivity contribution in [2.75, 3.05) is 13.2 Å². The summed E-state index contributed by atoms with van der Waals surface area (Å²) >= 11 is 0. The zero-order valence-electron chi connectivity index (χ0n) is 10.0. The van der Waals surface area contributed by atoms with E-state index in [4.69, 9.17) is 10.6 Å². The van der Waals surface area contributed by atoms with E-state index in [9.17, 15) is 0 Å². The van der Waals surface area contributed by atoms with Gasteiger partial charge in [0.25, 0.3) is 0 Å². The fraction of sp³-hybridized carbons (Fsp3) is 1.00. The summed E-state index contributed by atoms with van der Waals surface area (Å²) in [6, 6.07) is 0.510. The quantitative estimate of drug-likeness (QED) is 0.566. The van der Waals surface area contributed by atoms with Crippen LogP contribution < -0.4 is 11.3 Å². The number of hydrogen-bond donors (Lipinski definition) is 2. The van der Waals surface area contributed by atoms with Crippen LogP contribution in [0, 0.1) is 23.7 Å². The van der Waals surface area contributed by atoms with Crippen LogP contribution in [0.5, 0.6) is 0 Å². The highest BCUT2D eigenvalue weighted by atomic mass is 16.5. The van der Waals surface area contributed by atoms with Gasteiger partial charge in [-0.1, -0.05) is 6.42 Å². The minimum Gasteiger partial charge on any atom is -0.381 e. The molecule has 0 spiro atoms. The summed E-state index contributed by atoms with van der Waals surface area (Å²) in [6.45, 7) is 1.87. The number of hydrogen-bond acceptors (Lipinski definition) is 3. The Morgan fingerprint density at radius 2 is 2.12 bits per heavy atom. The predicted octanol–water partition coefficient (Wildman–Crippen LogP) is 1.68. The van der Waals surface area contributed by atoms with E-state index in [0.717, 1.165) is 31.0 Å². The van der Waals surface area contributed by atoms with Gasteiger partial charge < -0.3 is 4.74 Å². The molecule has 3 N–H and O–H groups in total. The van der Waals surface area contributed by atoms with Gasteiger partial charge in [0, 0.05) is 12.6 Å². The van der Waals surface area contributed by atoms with Crippen molar-refractivity contribution in [3.05, 3.63) is 0 Å². The van der Waals surface area contributed by atoms with E-state index in [1.54, 1.807) is 0 Å². The van der Waals surface area contributed by atoms with Crippen LogP contribution in [0.2, 0.25) is 0 Å². The van der Waals surface area contributed by atoms with Crippen molar-refractivity contribution in [2.45, 2.75) is 44.6 Å². The average molecular weight is 224 g/mol. The van der Waals surface area contributed by atoms with E-state index in [1.165, 1.54) is 38.5 Å². The number of rotatable bonds is 3. The Morgan fingerprint density at radius 1 is 1.19 bits per heavy atom. The monoisotopic (exact) mass is 224 g/mol. The molecule has 1 heterocycles. The van der Waals surface area contributed by atoms with Crippen LogP contribution in [0.1, 0.15) is 38.5 Å². The fourth-order valence-corrected chi connectivity index (χ4v) is 4.39.